The van der Waals surface area contributed by atoms with Gasteiger partial charge in [0.1, 0.15) is 17.7 Å². The molecule has 0 aliphatic carbocycles. The molecule has 0 radical (unpaired) electrons. The predicted molar refractivity (Wildman–Crippen MR) is 95.0 cm³/mol. The molecule has 1 aliphatic rings. The van der Waals surface area contributed by atoms with E-state index in [1.54, 1.807) is 12.3 Å². The number of anilines is 1. The second-order valence-electron chi connectivity index (χ2n) is 6.18. The fourth-order valence-electron chi connectivity index (χ4n) is 3.30. The van der Waals surface area contributed by atoms with Crippen LogP contribution in [0.25, 0.3) is 11.4 Å². The third-order valence-corrected chi connectivity index (χ3v) is 4.55. The highest BCUT2D eigenvalue weighted by Gasteiger charge is 2.26. The maximum absolute atomic E-state index is 9.32. The first-order valence-electron chi connectivity index (χ1n) is 8.43. The van der Waals surface area contributed by atoms with E-state index < -0.39 is 0 Å². The first-order chi connectivity index (χ1) is 12.3. The van der Waals surface area contributed by atoms with Crippen molar-refractivity contribution >= 4 is 5.82 Å². The van der Waals surface area contributed by atoms with Crippen LogP contribution in [0.4, 0.5) is 5.82 Å². The molecule has 1 aromatic carbocycles. The average Bonchev–Trinajstić information content (AvgIpc) is 3.19. The predicted octanol–water partition coefficient (Wildman–Crippen LogP) is 3.12. The summed E-state index contributed by atoms with van der Waals surface area (Å²) in [4.78, 5) is 11.3. The third-order valence-electron chi connectivity index (χ3n) is 4.55. The zero-order valence-electron chi connectivity index (χ0n) is 13.8. The lowest BCUT2D eigenvalue weighted by atomic mass is 9.97. The van der Waals surface area contributed by atoms with Crippen LogP contribution in [-0.4, -0.2) is 33.3 Å². The Kier molecular flexibility index (Phi) is 4.13. The van der Waals surface area contributed by atoms with Crippen molar-refractivity contribution in [2.45, 2.75) is 18.8 Å². The first-order valence-corrected chi connectivity index (χ1v) is 8.43. The summed E-state index contributed by atoms with van der Waals surface area (Å²) in [7, 11) is 0. The fraction of sp³-hybridized carbons (Fsp3) is 0.263. The summed E-state index contributed by atoms with van der Waals surface area (Å²) >= 11 is 0. The molecule has 124 valence electrons. The molecule has 1 N–H and O–H groups in total. The van der Waals surface area contributed by atoms with Gasteiger partial charge in [-0.3, -0.25) is 5.10 Å². The third kappa shape index (κ3) is 3.09. The number of nitrogens with one attached hydrogen (secondary N) is 1. The first kappa shape index (κ1) is 15.3. The van der Waals surface area contributed by atoms with E-state index in [1.165, 1.54) is 0 Å². The van der Waals surface area contributed by atoms with Gasteiger partial charge in [-0.15, -0.1) is 0 Å². The Balaban J connectivity index is 1.56. The number of hydrogen-bond donors (Lipinski definition) is 1. The number of piperidine rings is 1. The fourth-order valence-corrected chi connectivity index (χ4v) is 3.30. The van der Waals surface area contributed by atoms with Crippen LogP contribution < -0.4 is 4.90 Å². The average molecular weight is 330 g/mol. The van der Waals surface area contributed by atoms with Gasteiger partial charge in [0.25, 0.3) is 0 Å². The van der Waals surface area contributed by atoms with Crippen molar-refractivity contribution in [2.24, 2.45) is 0 Å². The molecule has 1 fully saturated rings. The Morgan fingerprint density at radius 2 is 2.04 bits per heavy atom. The minimum Gasteiger partial charge on any atom is -0.355 e. The highest BCUT2D eigenvalue weighted by Crippen LogP contribution is 2.29. The lowest BCUT2D eigenvalue weighted by Crippen LogP contribution is -2.35. The van der Waals surface area contributed by atoms with Gasteiger partial charge in [-0.1, -0.05) is 30.3 Å². The summed E-state index contributed by atoms with van der Waals surface area (Å²) in [5.41, 5.74) is 1.62. The summed E-state index contributed by atoms with van der Waals surface area (Å²) < 4.78 is 0. The quantitative estimate of drug-likeness (QED) is 0.798. The molecule has 6 nitrogen and oxygen atoms in total. The van der Waals surface area contributed by atoms with Gasteiger partial charge in [-0.05, 0) is 25.0 Å². The second-order valence-corrected chi connectivity index (χ2v) is 6.18. The van der Waals surface area contributed by atoms with Crippen LogP contribution in [-0.2, 0) is 0 Å². The molecule has 0 bridgehead atoms. The molecule has 0 spiro atoms. The van der Waals surface area contributed by atoms with Gasteiger partial charge in [0, 0.05) is 30.8 Å². The number of nitrogens with zero attached hydrogens (tertiary/aromatic N) is 5. The molecule has 4 rings (SSSR count). The minimum atomic E-state index is 0.257. The lowest BCUT2D eigenvalue weighted by Gasteiger charge is -2.32. The van der Waals surface area contributed by atoms with Crippen molar-refractivity contribution in [1.82, 2.24) is 20.2 Å². The van der Waals surface area contributed by atoms with Crippen LogP contribution >= 0.6 is 0 Å². The topological polar surface area (TPSA) is 81.5 Å². The Morgan fingerprint density at radius 1 is 1.16 bits per heavy atom. The smallest absolute Gasteiger partial charge is 0.181 e. The van der Waals surface area contributed by atoms with Gasteiger partial charge >= 0.3 is 0 Å². The van der Waals surface area contributed by atoms with E-state index in [2.05, 4.69) is 26.2 Å². The number of aromatic nitrogens is 4. The molecule has 1 saturated heterocycles. The van der Waals surface area contributed by atoms with E-state index in [0.29, 0.717) is 5.56 Å². The van der Waals surface area contributed by atoms with Crippen LogP contribution in [0.5, 0.6) is 0 Å². The van der Waals surface area contributed by atoms with Crippen LogP contribution in [0.3, 0.4) is 0 Å². The summed E-state index contributed by atoms with van der Waals surface area (Å²) in [6.07, 6.45) is 3.82. The molecule has 3 heterocycles. The van der Waals surface area contributed by atoms with Gasteiger partial charge in [0.15, 0.2) is 5.82 Å². The Bertz CT molecular complexity index is 896. The van der Waals surface area contributed by atoms with E-state index in [9.17, 15) is 5.26 Å². The molecule has 3 aromatic rings. The number of pyridine rings is 1. The van der Waals surface area contributed by atoms with Crippen LogP contribution in [0.2, 0.25) is 0 Å². The monoisotopic (exact) mass is 330 g/mol. The number of benzene rings is 1. The normalized spacial score (nSPS) is 17.2. The number of aromatic amines is 1. The summed E-state index contributed by atoms with van der Waals surface area (Å²) in [6, 6.07) is 15.8. The molecule has 0 amide bonds. The minimum absolute atomic E-state index is 0.257. The molecular formula is C19H18N6. The van der Waals surface area contributed by atoms with Crippen LogP contribution in [0, 0.1) is 11.3 Å². The maximum Gasteiger partial charge on any atom is 0.181 e. The number of hydrogen-bond acceptors (Lipinski definition) is 5. The van der Waals surface area contributed by atoms with E-state index >= 15 is 0 Å². The summed E-state index contributed by atoms with van der Waals surface area (Å²) in [6.45, 7) is 1.69. The highest BCUT2D eigenvalue weighted by molar-refractivity contribution is 5.55. The zero-order valence-corrected chi connectivity index (χ0v) is 13.8. The van der Waals surface area contributed by atoms with E-state index in [-0.39, 0.29) is 5.92 Å². The van der Waals surface area contributed by atoms with E-state index in [1.807, 2.05) is 36.4 Å². The molecule has 6 heteroatoms. The Labute approximate surface area is 146 Å². The maximum atomic E-state index is 9.32. The summed E-state index contributed by atoms with van der Waals surface area (Å²) in [5, 5.41) is 16.8. The van der Waals surface area contributed by atoms with Gasteiger partial charge in [-0.25, -0.2) is 9.97 Å². The largest absolute Gasteiger partial charge is 0.355 e. The standard InChI is InChI=1S/C19H18N6/c20-12-15-8-4-10-21-19(15)25-11-5-9-16(13-25)18-22-17(23-24-18)14-6-2-1-3-7-14/h1-4,6-8,10,16H,5,9,11,13H2,(H,22,23,24)/t16-/m1/s1. The number of H-pyrrole nitrogens is 1. The lowest BCUT2D eigenvalue weighted by molar-refractivity contribution is 0.489. The highest BCUT2D eigenvalue weighted by atomic mass is 15.2. The van der Waals surface area contributed by atoms with Gasteiger partial charge < -0.3 is 4.90 Å². The zero-order chi connectivity index (χ0) is 17.1. The molecular weight excluding hydrogens is 312 g/mol. The summed E-state index contributed by atoms with van der Waals surface area (Å²) in [5.74, 6) is 2.64. The second kappa shape index (κ2) is 6.73. The van der Waals surface area contributed by atoms with Crippen LogP contribution in [0.15, 0.2) is 48.7 Å². The molecule has 1 aliphatic heterocycles. The molecule has 25 heavy (non-hydrogen) atoms. The molecule has 2 aromatic heterocycles. The van der Waals surface area contributed by atoms with Crippen LogP contribution in [0.1, 0.15) is 30.1 Å². The van der Waals surface area contributed by atoms with Crippen molar-refractivity contribution in [2.75, 3.05) is 18.0 Å². The van der Waals surface area contributed by atoms with Gasteiger partial charge in [-0.2, -0.15) is 10.4 Å². The van der Waals surface area contributed by atoms with Crippen molar-refractivity contribution in [3.05, 3.63) is 60.0 Å². The van der Waals surface area contributed by atoms with Crippen molar-refractivity contribution in [1.29, 1.82) is 5.26 Å². The Hall–Kier alpha value is -3.20. The number of rotatable bonds is 3. The van der Waals surface area contributed by atoms with Gasteiger partial charge in [0.05, 0.1) is 5.56 Å². The molecule has 1 atom stereocenters. The number of nitriles is 1. The Morgan fingerprint density at radius 3 is 2.88 bits per heavy atom. The van der Waals surface area contributed by atoms with Crippen molar-refractivity contribution < 1.29 is 0 Å². The molecule has 0 unspecified atom stereocenters. The molecule has 0 saturated carbocycles. The van der Waals surface area contributed by atoms with Crippen molar-refractivity contribution in [3.63, 3.8) is 0 Å². The van der Waals surface area contributed by atoms with Gasteiger partial charge in [0.2, 0.25) is 0 Å². The van der Waals surface area contributed by atoms with E-state index in [0.717, 1.165) is 49.0 Å². The van der Waals surface area contributed by atoms with Crippen molar-refractivity contribution in [3.8, 4) is 17.5 Å². The van der Waals surface area contributed by atoms with E-state index in [4.69, 9.17) is 4.98 Å². The SMILES string of the molecule is N#Cc1cccnc1N1CCC[C@@H](c2nc(-c3ccccc3)n[nH]2)C1.